The summed E-state index contributed by atoms with van der Waals surface area (Å²) in [7, 11) is 0. The van der Waals surface area contributed by atoms with Gasteiger partial charge in [-0.2, -0.15) is 0 Å². The van der Waals surface area contributed by atoms with Gasteiger partial charge in [-0.25, -0.2) is 4.79 Å². The predicted octanol–water partition coefficient (Wildman–Crippen LogP) is -3.33. The molecule has 15 N–H and O–H groups in total. The van der Waals surface area contributed by atoms with Crippen molar-refractivity contribution in [1.29, 1.82) is 0 Å². The summed E-state index contributed by atoms with van der Waals surface area (Å²) < 4.78 is 0. The molecule has 18 nitrogen and oxygen atoms in total. The summed E-state index contributed by atoms with van der Waals surface area (Å²) in [5.74, 6) is -8.16. The van der Waals surface area contributed by atoms with Crippen LogP contribution in [0.1, 0.15) is 70.6 Å². The van der Waals surface area contributed by atoms with Crippen LogP contribution in [0.4, 0.5) is 0 Å². The smallest absolute Gasteiger partial charge is 0.326 e. The zero-order valence-electron chi connectivity index (χ0n) is 24.8. The molecule has 5 atom stereocenters. The van der Waals surface area contributed by atoms with Crippen LogP contribution in [-0.2, 0) is 33.6 Å². The molecule has 0 aliphatic carbocycles. The van der Waals surface area contributed by atoms with Gasteiger partial charge in [-0.05, 0) is 71.0 Å². The van der Waals surface area contributed by atoms with Crippen LogP contribution in [0.3, 0.4) is 0 Å². The van der Waals surface area contributed by atoms with Crippen LogP contribution in [0.5, 0.6) is 0 Å². The minimum absolute atomic E-state index is 0.0111. The molecule has 0 fully saturated rings. The van der Waals surface area contributed by atoms with Gasteiger partial charge in [0.1, 0.15) is 24.2 Å². The van der Waals surface area contributed by atoms with Gasteiger partial charge in [0.15, 0.2) is 0 Å². The topological polar surface area (TPSA) is 332 Å². The van der Waals surface area contributed by atoms with E-state index in [1.165, 1.54) is 0 Å². The summed E-state index contributed by atoms with van der Waals surface area (Å²) >= 11 is 0. The maximum Gasteiger partial charge on any atom is 0.326 e. The Balaban J connectivity index is 5.84. The molecule has 252 valence electrons. The van der Waals surface area contributed by atoms with E-state index >= 15 is 0 Å². The number of rotatable bonds is 25. The number of nitrogens with two attached hydrogens (primary N) is 4. The zero-order valence-corrected chi connectivity index (χ0v) is 24.8. The van der Waals surface area contributed by atoms with Crippen molar-refractivity contribution < 1.29 is 48.9 Å². The number of aliphatic carboxylic acids is 3. The van der Waals surface area contributed by atoms with Crippen LogP contribution in [0.2, 0.25) is 0 Å². The SMILES string of the molecule is NCCCC[C@H](NC(=O)[C@H](CC(=O)O)NC(=O)[C@H](CCCCN)NC(=O)[C@H](CC(=O)O)NC(=O)[C@@H](N)CCCCN)C(=O)O. The first kappa shape index (κ1) is 40.1. The molecule has 0 saturated carbocycles. The highest BCUT2D eigenvalue weighted by Gasteiger charge is 2.33. The van der Waals surface area contributed by atoms with Gasteiger partial charge in [0.05, 0.1) is 18.9 Å². The van der Waals surface area contributed by atoms with Crippen LogP contribution >= 0.6 is 0 Å². The minimum atomic E-state index is -1.72. The molecule has 0 rings (SSSR count). The molecular formula is C26H48N8O10. The first-order chi connectivity index (χ1) is 20.8. The lowest BCUT2D eigenvalue weighted by Crippen LogP contribution is -2.59. The van der Waals surface area contributed by atoms with Crippen LogP contribution in [0, 0.1) is 0 Å². The lowest BCUT2D eigenvalue weighted by atomic mass is 10.0. The summed E-state index contributed by atoms with van der Waals surface area (Å²) in [6, 6.07) is -7.15. The highest BCUT2D eigenvalue weighted by molar-refractivity contribution is 5.97. The van der Waals surface area contributed by atoms with Gasteiger partial charge in [-0.15, -0.1) is 0 Å². The summed E-state index contributed by atoms with van der Waals surface area (Å²) in [5.41, 5.74) is 22.2. The Hall–Kier alpha value is -3.87. The lowest BCUT2D eigenvalue weighted by molar-refractivity contribution is -0.143. The van der Waals surface area contributed by atoms with Crippen molar-refractivity contribution in [2.45, 2.75) is 101 Å². The third-order valence-corrected chi connectivity index (χ3v) is 6.47. The average molecular weight is 633 g/mol. The summed E-state index contributed by atoms with van der Waals surface area (Å²) in [4.78, 5) is 86.2. The Morgan fingerprint density at radius 2 is 0.818 bits per heavy atom. The molecule has 0 saturated heterocycles. The van der Waals surface area contributed by atoms with Gasteiger partial charge in [-0.1, -0.05) is 6.42 Å². The maximum atomic E-state index is 13.2. The molecule has 0 aromatic rings. The van der Waals surface area contributed by atoms with Crippen molar-refractivity contribution in [3.05, 3.63) is 0 Å². The number of hydrogen-bond acceptors (Lipinski definition) is 11. The summed E-state index contributed by atoms with van der Waals surface area (Å²) in [6.07, 6.45) is 1.17. The quantitative estimate of drug-likeness (QED) is 0.0439. The van der Waals surface area contributed by atoms with Gasteiger partial charge < -0.3 is 59.5 Å². The Morgan fingerprint density at radius 3 is 1.23 bits per heavy atom. The fourth-order valence-corrected chi connectivity index (χ4v) is 4.01. The Kier molecular flexibility index (Phi) is 20.6. The lowest BCUT2D eigenvalue weighted by Gasteiger charge is -2.26. The first-order valence-corrected chi connectivity index (χ1v) is 14.5. The number of carboxylic acids is 3. The predicted molar refractivity (Wildman–Crippen MR) is 157 cm³/mol. The third-order valence-electron chi connectivity index (χ3n) is 6.47. The second kappa shape index (κ2) is 22.6. The number of carboxylic acid groups (broad SMARTS) is 3. The van der Waals surface area contributed by atoms with Crippen LogP contribution < -0.4 is 44.2 Å². The Labute approximate surface area is 255 Å². The normalized spacial score (nSPS) is 14.3. The highest BCUT2D eigenvalue weighted by Crippen LogP contribution is 2.07. The minimum Gasteiger partial charge on any atom is -0.481 e. The number of carbonyl (C=O) groups is 7. The molecule has 0 aromatic carbocycles. The fourth-order valence-electron chi connectivity index (χ4n) is 4.01. The van der Waals surface area contributed by atoms with Crippen molar-refractivity contribution in [2.24, 2.45) is 22.9 Å². The highest BCUT2D eigenvalue weighted by atomic mass is 16.4. The molecule has 44 heavy (non-hydrogen) atoms. The molecule has 0 bridgehead atoms. The Morgan fingerprint density at radius 1 is 0.477 bits per heavy atom. The largest absolute Gasteiger partial charge is 0.481 e. The first-order valence-electron chi connectivity index (χ1n) is 14.5. The molecule has 0 aliphatic rings. The van der Waals surface area contributed by atoms with Gasteiger partial charge >= 0.3 is 17.9 Å². The van der Waals surface area contributed by atoms with E-state index in [9.17, 15) is 48.9 Å². The maximum absolute atomic E-state index is 13.2. The van der Waals surface area contributed by atoms with Crippen LogP contribution in [0.25, 0.3) is 0 Å². The van der Waals surface area contributed by atoms with Crippen molar-refractivity contribution in [3.8, 4) is 0 Å². The van der Waals surface area contributed by atoms with Crippen molar-refractivity contribution in [1.82, 2.24) is 21.3 Å². The van der Waals surface area contributed by atoms with E-state index in [0.717, 1.165) is 0 Å². The third kappa shape index (κ3) is 17.3. The molecule has 0 aromatic heterocycles. The van der Waals surface area contributed by atoms with Crippen molar-refractivity contribution in [3.63, 3.8) is 0 Å². The molecule has 0 heterocycles. The number of nitrogens with one attached hydrogen (secondary N) is 4. The van der Waals surface area contributed by atoms with Gasteiger partial charge in [0, 0.05) is 0 Å². The van der Waals surface area contributed by atoms with Gasteiger partial charge in [0.25, 0.3) is 0 Å². The van der Waals surface area contributed by atoms with Crippen molar-refractivity contribution >= 4 is 41.5 Å². The van der Waals surface area contributed by atoms with E-state index in [-0.39, 0.29) is 25.8 Å². The number of hydrogen-bond donors (Lipinski definition) is 11. The standard InChI is InChI=1S/C26H48N8O10/c27-10-4-1-7-15(30)22(39)33-18(13-20(35)36)24(41)31-16(8-2-5-11-28)23(40)34-19(14-21(37)38)25(42)32-17(26(43)44)9-3-6-12-29/h15-19H,1-14,27-30H2,(H,31,41)(H,32,42)(H,33,39)(H,34,40)(H,35,36)(H,37,38)(H,43,44)/t15-,16-,17-,18-,19-/m0/s1. The van der Waals surface area contributed by atoms with Gasteiger partial charge in [0.2, 0.25) is 23.6 Å². The molecular weight excluding hydrogens is 584 g/mol. The van der Waals surface area contributed by atoms with E-state index in [4.69, 9.17) is 22.9 Å². The molecule has 0 radical (unpaired) electrons. The van der Waals surface area contributed by atoms with Gasteiger partial charge in [-0.3, -0.25) is 28.8 Å². The van der Waals surface area contributed by atoms with Crippen LogP contribution in [0.15, 0.2) is 0 Å². The van der Waals surface area contributed by atoms with E-state index in [1.807, 2.05) is 0 Å². The number of carbonyl (C=O) groups excluding carboxylic acids is 4. The summed E-state index contributed by atoms with van der Waals surface area (Å²) in [6.45, 7) is 0.927. The fraction of sp³-hybridized carbons (Fsp3) is 0.731. The Bertz CT molecular complexity index is 967. The average Bonchev–Trinajstić information content (AvgIpc) is 2.94. The van der Waals surface area contributed by atoms with Crippen LogP contribution in [-0.4, -0.2) is 107 Å². The second-order valence-electron chi connectivity index (χ2n) is 10.2. The number of amides is 4. The van der Waals surface area contributed by atoms with Crippen molar-refractivity contribution in [2.75, 3.05) is 19.6 Å². The van der Waals surface area contributed by atoms with E-state index < -0.39 is 84.6 Å². The summed E-state index contributed by atoms with van der Waals surface area (Å²) in [5, 5.41) is 37.1. The monoisotopic (exact) mass is 632 g/mol. The molecule has 0 spiro atoms. The molecule has 0 aliphatic heterocycles. The molecule has 4 amide bonds. The second-order valence-corrected chi connectivity index (χ2v) is 10.2. The molecule has 0 unspecified atom stereocenters. The van der Waals surface area contributed by atoms with E-state index in [1.54, 1.807) is 0 Å². The number of unbranched alkanes of at least 4 members (excludes halogenated alkanes) is 3. The van der Waals surface area contributed by atoms with E-state index in [0.29, 0.717) is 51.6 Å². The van der Waals surface area contributed by atoms with E-state index in [2.05, 4.69) is 21.3 Å². The zero-order chi connectivity index (χ0) is 33.7. The molecule has 18 heteroatoms.